The summed E-state index contributed by atoms with van der Waals surface area (Å²) in [6, 6.07) is 1.23. The molecule has 1 fully saturated rings. The largest absolute Gasteiger partial charge is 0.387 e. The van der Waals surface area contributed by atoms with E-state index < -0.39 is 71.2 Å². The molecular weight excluding hydrogens is 459 g/mol. The number of nitrogens with two attached hydrogens (primary N) is 1. The number of anilines is 1. The predicted octanol–water partition coefficient (Wildman–Crippen LogP) is -1.99. The Balaban J connectivity index is 2.05. The minimum atomic E-state index is -4.93. The van der Waals surface area contributed by atoms with Gasteiger partial charge in [-0.3, -0.25) is 18.3 Å². The minimum absolute atomic E-state index is 0.0934. The molecule has 29 heavy (non-hydrogen) atoms. The molecule has 0 aromatic carbocycles. The van der Waals surface area contributed by atoms with E-state index in [1.807, 2.05) is 0 Å². The van der Waals surface area contributed by atoms with Gasteiger partial charge in [-0.05, 0) is 6.07 Å². The lowest BCUT2D eigenvalue weighted by Gasteiger charge is -2.20. The molecule has 0 spiro atoms. The van der Waals surface area contributed by atoms with Gasteiger partial charge in [-0.15, -0.1) is 0 Å². The maximum absolute atomic E-state index is 12.0. The highest BCUT2D eigenvalue weighted by Gasteiger charge is 2.46. The third-order valence-electron chi connectivity index (χ3n) is 3.71. The summed E-state index contributed by atoms with van der Waals surface area (Å²) in [7, 11) is -14.5. The summed E-state index contributed by atoms with van der Waals surface area (Å²) in [5.41, 5.74) is 4.46. The van der Waals surface area contributed by atoms with Crippen LogP contribution >= 0.6 is 22.6 Å². The summed E-state index contributed by atoms with van der Waals surface area (Å²) in [4.78, 5) is 51.9. The van der Waals surface area contributed by atoms with Gasteiger partial charge in [-0.25, -0.2) is 4.79 Å². The number of nitrogens with zero attached hydrogens (tertiary/aromatic N) is 2. The molecule has 2 unspecified atom stereocenters. The van der Waals surface area contributed by atoms with E-state index >= 15 is 0 Å². The van der Waals surface area contributed by atoms with Crippen molar-refractivity contribution in [3.05, 3.63) is 22.7 Å². The fourth-order valence-electron chi connectivity index (χ4n) is 2.56. The molecule has 1 aliphatic heterocycles. The van der Waals surface area contributed by atoms with E-state index in [2.05, 4.69) is 9.51 Å². The molecule has 0 amide bonds. The Kier molecular flexibility index (Phi) is 7.26. The first kappa shape index (κ1) is 24.3. The first-order chi connectivity index (χ1) is 13.1. The number of hydrogen-bond donors (Lipinski definition) is 7. The van der Waals surface area contributed by atoms with Crippen LogP contribution in [-0.4, -0.2) is 76.1 Å². The lowest BCUT2D eigenvalue weighted by molar-refractivity contribution is -0.0523. The zero-order chi connectivity index (χ0) is 22.2. The maximum Gasteiger partial charge on any atom is 0.351 e. The van der Waals surface area contributed by atoms with E-state index in [9.17, 15) is 38.5 Å². The molecule has 166 valence electrons. The monoisotopic (exact) mass is 479 g/mol. The topological polar surface area (TPSA) is 252 Å². The van der Waals surface area contributed by atoms with E-state index in [4.69, 9.17) is 20.3 Å². The lowest BCUT2D eigenvalue weighted by atomic mass is 10.1. The number of aliphatic hydroxyl groups excluding tert-OH is 2. The van der Waals surface area contributed by atoms with Gasteiger partial charge in [0.25, 0.3) is 0 Å². The molecule has 0 aliphatic carbocycles. The highest BCUT2D eigenvalue weighted by molar-refractivity contribution is 7.79. The summed E-state index contributed by atoms with van der Waals surface area (Å²) >= 11 is 0. The SMILES string of the molecule is Nc1ccn([C@@H]2O[C@H](COP(=O)(O)CP(=O)(O)CP(=O)(O)O)[C@@H](O)[C@H]2O)c(=O)n1. The van der Waals surface area contributed by atoms with Gasteiger partial charge in [-0.2, -0.15) is 4.98 Å². The van der Waals surface area contributed by atoms with Crippen LogP contribution in [0.5, 0.6) is 0 Å². The number of aliphatic hydroxyl groups is 2. The van der Waals surface area contributed by atoms with Crippen LogP contribution in [0.1, 0.15) is 6.23 Å². The van der Waals surface area contributed by atoms with Gasteiger partial charge in [0.05, 0.1) is 6.61 Å². The van der Waals surface area contributed by atoms with Crippen molar-refractivity contribution in [1.29, 1.82) is 0 Å². The van der Waals surface area contributed by atoms with E-state index in [0.29, 0.717) is 0 Å². The van der Waals surface area contributed by atoms with Crippen LogP contribution in [0, 0.1) is 0 Å². The minimum Gasteiger partial charge on any atom is -0.387 e. The normalized spacial score (nSPS) is 29.3. The van der Waals surface area contributed by atoms with Crippen LogP contribution in [0.15, 0.2) is 17.1 Å². The number of rotatable bonds is 8. The number of nitrogen functional groups attached to an aromatic ring is 1. The summed E-state index contributed by atoms with van der Waals surface area (Å²) < 4.78 is 45.2. The summed E-state index contributed by atoms with van der Waals surface area (Å²) in [6.07, 6.45) is -5.00. The highest BCUT2D eigenvalue weighted by Crippen LogP contribution is 2.63. The molecule has 2 rings (SSSR count). The maximum atomic E-state index is 12.0. The summed E-state index contributed by atoms with van der Waals surface area (Å²) in [6.45, 7) is -0.838. The van der Waals surface area contributed by atoms with Crippen molar-refractivity contribution in [2.75, 3.05) is 24.1 Å². The van der Waals surface area contributed by atoms with E-state index in [0.717, 1.165) is 10.8 Å². The van der Waals surface area contributed by atoms with Crippen molar-refractivity contribution in [2.45, 2.75) is 24.5 Å². The van der Waals surface area contributed by atoms with Crippen LogP contribution in [-0.2, 0) is 23.0 Å². The van der Waals surface area contributed by atoms with Crippen molar-refractivity contribution in [3.63, 3.8) is 0 Å². The van der Waals surface area contributed by atoms with Gasteiger partial charge in [0.15, 0.2) is 6.23 Å². The van der Waals surface area contributed by atoms with Gasteiger partial charge >= 0.3 is 20.9 Å². The molecule has 0 bridgehead atoms. The average Bonchev–Trinajstić information content (AvgIpc) is 2.78. The quantitative estimate of drug-likeness (QED) is 0.199. The third-order valence-corrected chi connectivity index (χ3v) is 10.7. The Hall–Kier alpha value is -0.950. The van der Waals surface area contributed by atoms with Gasteiger partial charge in [0.2, 0.25) is 7.37 Å². The Labute approximate surface area is 162 Å². The van der Waals surface area contributed by atoms with Gasteiger partial charge in [0.1, 0.15) is 35.9 Å². The molecule has 1 aromatic heterocycles. The van der Waals surface area contributed by atoms with Crippen molar-refractivity contribution >= 4 is 28.4 Å². The van der Waals surface area contributed by atoms with Crippen LogP contribution in [0.2, 0.25) is 0 Å². The molecule has 1 saturated heterocycles. The van der Waals surface area contributed by atoms with Crippen LogP contribution in [0.3, 0.4) is 0 Å². The smallest absolute Gasteiger partial charge is 0.351 e. The average molecular weight is 479 g/mol. The Morgan fingerprint density at radius 1 is 1.14 bits per heavy atom. The number of ether oxygens (including phenoxy) is 1. The van der Waals surface area contributed by atoms with Crippen molar-refractivity contribution in [2.24, 2.45) is 0 Å². The van der Waals surface area contributed by atoms with E-state index in [1.165, 1.54) is 6.07 Å². The van der Waals surface area contributed by atoms with Gasteiger partial charge in [-0.1, -0.05) is 0 Å². The number of hydrogen-bond acceptors (Lipinski definition) is 10. The zero-order valence-electron chi connectivity index (χ0n) is 14.5. The fraction of sp³-hybridized carbons (Fsp3) is 0.636. The molecule has 18 heteroatoms. The molecule has 1 aromatic rings. The van der Waals surface area contributed by atoms with Crippen LogP contribution < -0.4 is 11.4 Å². The number of aromatic nitrogens is 2. The third kappa shape index (κ3) is 6.78. The lowest BCUT2D eigenvalue weighted by Crippen LogP contribution is -2.36. The second kappa shape index (κ2) is 8.66. The molecule has 8 N–H and O–H groups in total. The summed E-state index contributed by atoms with van der Waals surface area (Å²) in [5, 5.41) is 20.1. The standard InChI is InChI=1S/C11H20N3O12P3/c12-7-1-2-14(11(17)13-7)10-9(16)8(15)6(26-10)3-25-29(23,24)5-27(18,19)4-28(20,21)22/h1-2,6,8-10,15-16H,3-5H2,(H,18,19)(H,23,24)(H2,12,13,17)(H2,20,21,22)/t6-,8-,9-,10-/m1/s1. The van der Waals surface area contributed by atoms with Crippen molar-refractivity contribution < 1.29 is 52.7 Å². The van der Waals surface area contributed by atoms with Crippen LogP contribution in [0.4, 0.5) is 5.82 Å². The molecule has 2 heterocycles. The molecule has 1 aliphatic rings. The van der Waals surface area contributed by atoms with Crippen molar-refractivity contribution in [1.82, 2.24) is 9.55 Å². The predicted molar refractivity (Wildman–Crippen MR) is 96.2 cm³/mol. The zero-order valence-corrected chi connectivity index (χ0v) is 17.2. The highest BCUT2D eigenvalue weighted by atomic mass is 31.3. The second-order valence-corrected chi connectivity index (χ2v) is 13.1. The molecule has 15 nitrogen and oxygen atoms in total. The molecule has 0 radical (unpaired) electrons. The first-order valence-electron chi connectivity index (χ1n) is 7.78. The Morgan fingerprint density at radius 2 is 1.76 bits per heavy atom. The van der Waals surface area contributed by atoms with Gasteiger partial charge in [0, 0.05) is 6.20 Å². The molecule has 6 atom stereocenters. The molecular formula is C11H20N3O12P3. The van der Waals surface area contributed by atoms with E-state index in [1.54, 1.807) is 0 Å². The first-order valence-corrected chi connectivity index (χ1v) is 13.4. The van der Waals surface area contributed by atoms with E-state index in [-0.39, 0.29) is 5.82 Å². The van der Waals surface area contributed by atoms with Gasteiger partial charge < -0.3 is 44.8 Å². The summed E-state index contributed by atoms with van der Waals surface area (Å²) in [5.74, 6) is -3.05. The Bertz CT molecular complexity index is 947. The van der Waals surface area contributed by atoms with Crippen LogP contribution in [0.25, 0.3) is 0 Å². The molecule has 0 saturated carbocycles. The Morgan fingerprint density at radius 3 is 2.31 bits per heavy atom. The second-order valence-electron chi connectivity index (χ2n) is 6.32. The fourth-order valence-corrected chi connectivity index (χ4v) is 8.96. The van der Waals surface area contributed by atoms with Crippen molar-refractivity contribution in [3.8, 4) is 0 Å².